The number of rotatable bonds is 6. The molecule has 3 heteroatoms. The van der Waals surface area contributed by atoms with Gasteiger partial charge in [0.25, 0.3) is 0 Å². The van der Waals surface area contributed by atoms with Crippen LogP contribution in [-0.2, 0) is 6.42 Å². The summed E-state index contributed by atoms with van der Waals surface area (Å²) in [5, 5.41) is 3.44. The summed E-state index contributed by atoms with van der Waals surface area (Å²) in [6, 6.07) is 4.34. The minimum absolute atomic E-state index is 0.186. The third-order valence-corrected chi connectivity index (χ3v) is 5.48. The van der Waals surface area contributed by atoms with E-state index in [-0.39, 0.29) is 11.6 Å². The van der Waals surface area contributed by atoms with Gasteiger partial charge in [0, 0.05) is 11.6 Å². The molecule has 0 aromatic heterocycles. The third-order valence-electron chi connectivity index (χ3n) is 5.48. The summed E-state index contributed by atoms with van der Waals surface area (Å²) in [6.45, 7) is 2.91. The van der Waals surface area contributed by atoms with Crippen molar-refractivity contribution in [1.82, 2.24) is 5.32 Å². The van der Waals surface area contributed by atoms with Gasteiger partial charge in [0.05, 0.1) is 0 Å². The Balaban J connectivity index is 1.67. The molecule has 0 saturated heterocycles. The van der Waals surface area contributed by atoms with E-state index in [0.29, 0.717) is 6.42 Å². The minimum Gasteiger partial charge on any atom is -0.314 e. The minimum atomic E-state index is -0.411. The predicted molar refractivity (Wildman–Crippen MR) is 81.1 cm³/mol. The molecule has 3 rings (SSSR count). The Morgan fingerprint density at radius 3 is 2.52 bits per heavy atom. The fraction of sp³-hybridized carbons (Fsp3) is 0.667. The maximum absolute atomic E-state index is 13.8. The monoisotopic (exact) mass is 293 g/mol. The standard InChI is InChI=1S/C18H25F2N/c1-2-21-15(10-14-9-12-6-7-13(14)8-12)11-16-17(19)4-3-5-18(16)20/h3-5,12-15,21H,2,6-11H2,1H3. The second-order valence-corrected chi connectivity index (χ2v) is 6.83. The summed E-state index contributed by atoms with van der Waals surface area (Å²) in [4.78, 5) is 0. The maximum Gasteiger partial charge on any atom is 0.129 e. The fourth-order valence-electron chi connectivity index (χ4n) is 4.53. The van der Waals surface area contributed by atoms with E-state index in [1.807, 2.05) is 0 Å². The van der Waals surface area contributed by atoms with Crippen molar-refractivity contribution in [3.8, 4) is 0 Å². The van der Waals surface area contributed by atoms with Crippen molar-refractivity contribution in [2.75, 3.05) is 6.54 Å². The van der Waals surface area contributed by atoms with Crippen LogP contribution in [0.25, 0.3) is 0 Å². The molecular formula is C18H25F2N. The molecule has 4 atom stereocenters. The summed E-state index contributed by atoms with van der Waals surface area (Å²) >= 11 is 0. The number of fused-ring (bicyclic) bond motifs is 2. The lowest BCUT2D eigenvalue weighted by Crippen LogP contribution is -2.34. The first-order valence-corrected chi connectivity index (χ1v) is 8.33. The second kappa shape index (κ2) is 6.43. The maximum atomic E-state index is 13.8. The van der Waals surface area contributed by atoms with Gasteiger partial charge in [-0.05, 0) is 68.5 Å². The highest BCUT2D eigenvalue weighted by atomic mass is 19.1. The van der Waals surface area contributed by atoms with Crippen molar-refractivity contribution in [1.29, 1.82) is 0 Å². The van der Waals surface area contributed by atoms with Gasteiger partial charge < -0.3 is 5.32 Å². The van der Waals surface area contributed by atoms with Crippen molar-refractivity contribution in [3.05, 3.63) is 35.4 Å². The molecule has 116 valence electrons. The highest BCUT2D eigenvalue weighted by Gasteiger charge is 2.40. The molecule has 2 bridgehead atoms. The van der Waals surface area contributed by atoms with Crippen LogP contribution < -0.4 is 5.32 Å². The molecule has 0 heterocycles. The zero-order valence-corrected chi connectivity index (χ0v) is 12.7. The van der Waals surface area contributed by atoms with E-state index < -0.39 is 11.6 Å². The van der Waals surface area contributed by atoms with Crippen molar-refractivity contribution in [2.45, 2.75) is 51.5 Å². The molecule has 1 aromatic carbocycles. The van der Waals surface area contributed by atoms with Crippen molar-refractivity contribution < 1.29 is 8.78 Å². The molecule has 21 heavy (non-hydrogen) atoms. The Labute approximate surface area is 126 Å². The van der Waals surface area contributed by atoms with Crippen LogP contribution in [0.4, 0.5) is 8.78 Å². The molecule has 1 aromatic rings. The Hall–Kier alpha value is -0.960. The number of halogens is 2. The van der Waals surface area contributed by atoms with E-state index in [9.17, 15) is 8.78 Å². The summed E-state index contributed by atoms with van der Waals surface area (Å²) in [6.07, 6.45) is 6.99. The molecule has 1 nitrogen and oxygen atoms in total. The van der Waals surface area contributed by atoms with Crippen LogP contribution in [0, 0.1) is 29.4 Å². The van der Waals surface area contributed by atoms with E-state index in [4.69, 9.17) is 0 Å². The van der Waals surface area contributed by atoms with E-state index in [1.165, 1.54) is 43.9 Å². The molecule has 0 amide bonds. The number of hydrogen-bond donors (Lipinski definition) is 1. The molecule has 2 aliphatic rings. The Morgan fingerprint density at radius 1 is 1.19 bits per heavy atom. The van der Waals surface area contributed by atoms with Gasteiger partial charge in [0.15, 0.2) is 0 Å². The first-order chi connectivity index (χ1) is 10.2. The first-order valence-electron chi connectivity index (χ1n) is 8.33. The van der Waals surface area contributed by atoms with Crippen molar-refractivity contribution in [3.63, 3.8) is 0 Å². The third kappa shape index (κ3) is 3.28. The van der Waals surface area contributed by atoms with Crippen molar-refractivity contribution in [2.24, 2.45) is 17.8 Å². The topological polar surface area (TPSA) is 12.0 Å². The fourth-order valence-corrected chi connectivity index (χ4v) is 4.53. The molecular weight excluding hydrogens is 268 g/mol. The van der Waals surface area contributed by atoms with E-state index in [0.717, 1.165) is 30.7 Å². The Morgan fingerprint density at radius 2 is 1.95 bits per heavy atom. The molecule has 0 radical (unpaired) electrons. The van der Waals surface area contributed by atoms with Gasteiger partial charge >= 0.3 is 0 Å². The van der Waals surface area contributed by atoms with Gasteiger partial charge in [-0.15, -0.1) is 0 Å². The van der Waals surface area contributed by atoms with Gasteiger partial charge in [0.2, 0.25) is 0 Å². The first kappa shape index (κ1) is 15.0. The van der Waals surface area contributed by atoms with E-state index >= 15 is 0 Å². The van der Waals surface area contributed by atoms with Gasteiger partial charge in [-0.1, -0.05) is 19.4 Å². The van der Waals surface area contributed by atoms with Crippen LogP contribution in [0.1, 0.15) is 44.6 Å². The molecule has 0 spiro atoms. The number of benzene rings is 1. The van der Waals surface area contributed by atoms with Gasteiger partial charge in [-0.25, -0.2) is 8.78 Å². The molecule has 4 unspecified atom stereocenters. The van der Waals surface area contributed by atoms with Crippen LogP contribution >= 0.6 is 0 Å². The molecule has 2 aliphatic carbocycles. The van der Waals surface area contributed by atoms with Crippen LogP contribution in [0.3, 0.4) is 0 Å². The van der Waals surface area contributed by atoms with Gasteiger partial charge in [-0.3, -0.25) is 0 Å². The van der Waals surface area contributed by atoms with Crippen molar-refractivity contribution >= 4 is 0 Å². The van der Waals surface area contributed by atoms with Crippen LogP contribution in [-0.4, -0.2) is 12.6 Å². The summed E-state index contributed by atoms with van der Waals surface area (Å²) < 4.78 is 27.7. The smallest absolute Gasteiger partial charge is 0.129 e. The largest absolute Gasteiger partial charge is 0.314 e. The second-order valence-electron chi connectivity index (χ2n) is 6.83. The lowest BCUT2D eigenvalue weighted by Gasteiger charge is -2.27. The molecule has 0 aliphatic heterocycles. The average Bonchev–Trinajstić information content (AvgIpc) is 3.05. The lowest BCUT2D eigenvalue weighted by molar-refractivity contribution is 0.276. The highest BCUT2D eigenvalue weighted by Crippen LogP contribution is 2.50. The summed E-state index contributed by atoms with van der Waals surface area (Å²) in [7, 11) is 0. The summed E-state index contributed by atoms with van der Waals surface area (Å²) in [5.41, 5.74) is 0.242. The number of hydrogen-bond acceptors (Lipinski definition) is 1. The zero-order chi connectivity index (χ0) is 14.8. The quantitative estimate of drug-likeness (QED) is 0.824. The lowest BCUT2D eigenvalue weighted by atomic mass is 9.83. The Bertz CT molecular complexity index is 468. The van der Waals surface area contributed by atoms with E-state index in [2.05, 4.69) is 12.2 Å². The number of likely N-dealkylation sites (N-methyl/N-ethyl adjacent to an activating group) is 1. The highest BCUT2D eigenvalue weighted by molar-refractivity contribution is 5.20. The normalized spacial score (nSPS) is 29.0. The summed E-state index contributed by atoms with van der Waals surface area (Å²) in [5.74, 6) is 1.72. The average molecular weight is 293 g/mol. The van der Waals surface area contributed by atoms with Crippen LogP contribution in [0.5, 0.6) is 0 Å². The van der Waals surface area contributed by atoms with Crippen LogP contribution in [0.2, 0.25) is 0 Å². The molecule has 2 saturated carbocycles. The van der Waals surface area contributed by atoms with E-state index in [1.54, 1.807) is 0 Å². The van der Waals surface area contributed by atoms with Crippen LogP contribution in [0.15, 0.2) is 18.2 Å². The number of nitrogens with one attached hydrogen (secondary N) is 1. The molecule has 1 N–H and O–H groups in total. The predicted octanol–water partition coefficient (Wildman–Crippen LogP) is 4.31. The van der Waals surface area contributed by atoms with Gasteiger partial charge in [-0.2, -0.15) is 0 Å². The SMILES string of the molecule is CCNC(Cc1c(F)cccc1F)CC1CC2CCC1C2. The molecule has 2 fully saturated rings. The zero-order valence-electron chi connectivity index (χ0n) is 12.7. The Kier molecular flexibility index (Phi) is 4.58. The van der Waals surface area contributed by atoms with Gasteiger partial charge in [0.1, 0.15) is 11.6 Å².